The molecule has 0 aliphatic heterocycles. The van der Waals surface area contributed by atoms with E-state index in [4.69, 9.17) is 10.5 Å². The van der Waals surface area contributed by atoms with Gasteiger partial charge in [-0.25, -0.2) is 9.97 Å². The zero-order valence-electron chi connectivity index (χ0n) is 12.9. The summed E-state index contributed by atoms with van der Waals surface area (Å²) in [5.74, 6) is 0.676. The van der Waals surface area contributed by atoms with E-state index in [0.29, 0.717) is 17.4 Å². The monoisotopic (exact) mass is 300 g/mol. The average Bonchev–Trinajstić information content (AvgIpc) is 2.49. The van der Waals surface area contributed by atoms with E-state index in [2.05, 4.69) is 35.2 Å². The molecule has 0 unspecified atom stereocenters. The van der Waals surface area contributed by atoms with Crippen LogP contribution in [0.4, 0.5) is 5.69 Å². The molecular weight excluding hydrogens is 280 g/mol. The van der Waals surface area contributed by atoms with E-state index in [1.165, 1.54) is 5.56 Å². The number of benzene rings is 1. The minimum atomic E-state index is -0.488. The van der Waals surface area contributed by atoms with Crippen molar-refractivity contribution < 1.29 is 9.53 Å². The largest absolute Gasteiger partial charge is 0.424 e. The van der Waals surface area contributed by atoms with Crippen LogP contribution >= 0.6 is 0 Å². The van der Waals surface area contributed by atoms with Crippen molar-refractivity contribution in [3.05, 3.63) is 42.2 Å². The van der Waals surface area contributed by atoms with Crippen molar-refractivity contribution in [3.63, 3.8) is 0 Å². The van der Waals surface area contributed by atoms with Gasteiger partial charge in [-0.1, -0.05) is 26.0 Å². The van der Waals surface area contributed by atoms with Crippen LogP contribution in [-0.2, 0) is 4.79 Å². The summed E-state index contributed by atoms with van der Waals surface area (Å²) in [6.45, 7) is 5.91. The van der Waals surface area contributed by atoms with Gasteiger partial charge in [-0.05, 0) is 30.5 Å². The molecule has 0 aliphatic carbocycles. The summed E-state index contributed by atoms with van der Waals surface area (Å²) >= 11 is 0. The molecule has 0 saturated heterocycles. The van der Waals surface area contributed by atoms with Crippen molar-refractivity contribution >= 4 is 11.6 Å². The SMILES string of the molecule is CC(C)c1cccc(Oc2ncc(N[C@H](C)C(N)=O)cn2)c1. The maximum absolute atomic E-state index is 11.0. The minimum absolute atomic E-state index is 0.248. The van der Waals surface area contributed by atoms with E-state index in [1.54, 1.807) is 19.3 Å². The molecule has 1 atom stereocenters. The van der Waals surface area contributed by atoms with E-state index < -0.39 is 11.9 Å². The molecule has 1 heterocycles. The molecule has 1 aromatic heterocycles. The number of amides is 1. The Balaban J connectivity index is 2.05. The van der Waals surface area contributed by atoms with Crippen LogP contribution < -0.4 is 15.8 Å². The Morgan fingerprint density at radius 2 is 1.91 bits per heavy atom. The summed E-state index contributed by atoms with van der Waals surface area (Å²) in [5, 5.41) is 2.90. The molecule has 6 nitrogen and oxygen atoms in total. The van der Waals surface area contributed by atoms with Gasteiger partial charge in [0, 0.05) is 0 Å². The normalized spacial score (nSPS) is 12.0. The first-order valence-electron chi connectivity index (χ1n) is 7.11. The zero-order valence-corrected chi connectivity index (χ0v) is 12.9. The summed E-state index contributed by atoms with van der Waals surface area (Å²) in [4.78, 5) is 19.2. The molecule has 0 fully saturated rings. The number of nitrogens with two attached hydrogens (primary N) is 1. The van der Waals surface area contributed by atoms with Crippen LogP contribution in [0.3, 0.4) is 0 Å². The number of carbonyl (C=O) groups excluding carboxylic acids is 1. The second kappa shape index (κ2) is 6.89. The maximum Gasteiger partial charge on any atom is 0.322 e. The van der Waals surface area contributed by atoms with Crippen LogP contribution in [0, 0.1) is 0 Å². The summed E-state index contributed by atoms with van der Waals surface area (Å²) in [6, 6.07) is 7.58. The third-order valence-corrected chi connectivity index (χ3v) is 3.17. The Morgan fingerprint density at radius 3 is 2.50 bits per heavy atom. The van der Waals surface area contributed by atoms with Gasteiger partial charge in [-0.15, -0.1) is 0 Å². The van der Waals surface area contributed by atoms with Crippen LogP contribution in [0.5, 0.6) is 11.8 Å². The number of ether oxygens (including phenoxy) is 1. The van der Waals surface area contributed by atoms with Gasteiger partial charge in [0.05, 0.1) is 18.1 Å². The molecule has 1 amide bonds. The lowest BCUT2D eigenvalue weighted by Crippen LogP contribution is -2.32. The Hall–Kier alpha value is -2.63. The van der Waals surface area contributed by atoms with E-state index in [1.807, 2.05) is 18.2 Å². The van der Waals surface area contributed by atoms with E-state index in [9.17, 15) is 4.79 Å². The number of carbonyl (C=O) groups is 1. The second-order valence-corrected chi connectivity index (χ2v) is 5.35. The number of nitrogens with zero attached hydrogens (tertiary/aromatic N) is 2. The molecule has 2 aromatic rings. The fourth-order valence-corrected chi connectivity index (χ4v) is 1.81. The molecule has 0 saturated carbocycles. The summed E-state index contributed by atoms with van der Waals surface area (Å²) in [5.41, 5.74) is 6.98. The van der Waals surface area contributed by atoms with Crippen LogP contribution in [0.25, 0.3) is 0 Å². The molecule has 1 aromatic carbocycles. The molecule has 22 heavy (non-hydrogen) atoms. The molecule has 0 bridgehead atoms. The van der Waals surface area contributed by atoms with Crippen molar-refractivity contribution in [2.45, 2.75) is 32.7 Å². The standard InChI is InChI=1S/C16H20N4O2/c1-10(2)12-5-4-6-14(7-12)22-16-18-8-13(9-19-16)20-11(3)15(17)21/h4-11,20H,1-3H3,(H2,17,21)/t11-/m1/s1. The topological polar surface area (TPSA) is 90.1 Å². The Morgan fingerprint density at radius 1 is 1.23 bits per heavy atom. The smallest absolute Gasteiger partial charge is 0.322 e. The van der Waals surface area contributed by atoms with Crippen molar-refractivity contribution in [1.29, 1.82) is 0 Å². The van der Waals surface area contributed by atoms with E-state index in [-0.39, 0.29) is 6.01 Å². The van der Waals surface area contributed by atoms with E-state index in [0.717, 1.165) is 0 Å². The number of hydrogen-bond donors (Lipinski definition) is 2. The first-order valence-corrected chi connectivity index (χ1v) is 7.11. The van der Waals surface area contributed by atoms with Gasteiger partial charge in [-0.3, -0.25) is 4.79 Å². The van der Waals surface area contributed by atoms with Gasteiger partial charge in [0.25, 0.3) is 0 Å². The third-order valence-electron chi connectivity index (χ3n) is 3.17. The lowest BCUT2D eigenvalue weighted by molar-refractivity contribution is -0.118. The van der Waals surface area contributed by atoms with Crippen molar-refractivity contribution in [3.8, 4) is 11.8 Å². The predicted octanol–water partition coefficient (Wildman–Crippen LogP) is 2.68. The molecule has 0 radical (unpaired) electrons. The van der Waals surface area contributed by atoms with Crippen LogP contribution in [0.2, 0.25) is 0 Å². The van der Waals surface area contributed by atoms with Gasteiger partial charge < -0.3 is 15.8 Å². The number of rotatable bonds is 6. The molecule has 6 heteroatoms. The fourth-order valence-electron chi connectivity index (χ4n) is 1.81. The van der Waals surface area contributed by atoms with Crippen molar-refractivity contribution in [2.75, 3.05) is 5.32 Å². The summed E-state index contributed by atoms with van der Waals surface area (Å²) in [6.07, 6.45) is 3.10. The second-order valence-electron chi connectivity index (χ2n) is 5.35. The molecule has 2 rings (SSSR count). The number of anilines is 1. The summed E-state index contributed by atoms with van der Waals surface area (Å²) < 4.78 is 5.63. The quantitative estimate of drug-likeness (QED) is 0.856. The van der Waals surface area contributed by atoms with Gasteiger partial charge in [-0.2, -0.15) is 0 Å². The average molecular weight is 300 g/mol. The van der Waals surface area contributed by atoms with Gasteiger partial charge in [0.2, 0.25) is 5.91 Å². The van der Waals surface area contributed by atoms with Crippen molar-refractivity contribution in [2.24, 2.45) is 5.73 Å². The molecular formula is C16H20N4O2. The molecule has 0 spiro atoms. The first kappa shape index (κ1) is 15.8. The highest BCUT2D eigenvalue weighted by Crippen LogP contribution is 2.23. The predicted molar refractivity (Wildman–Crippen MR) is 84.9 cm³/mol. The van der Waals surface area contributed by atoms with Crippen LogP contribution in [0.1, 0.15) is 32.3 Å². The molecule has 0 aliphatic rings. The van der Waals surface area contributed by atoms with Gasteiger partial charge in [0.1, 0.15) is 11.8 Å². The lowest BCUT2D eigenvalue weighted by atomic mass is 10.0. The van der Waals surface area contributed by atoms with Gasteiger partial charge >= 0.3 is 6.01 Å². The maximum atomic E-state index is 11.0. The molecule has 116 valence electrons. The van der Waals surface area contributed by atoms with Crippen molar-refractivity contribution in [1.82, 2.24) is 9.97 Å². The van der Waals surface area contributed by atoms with Crippen LogP contribution in [-0.4, -0.2) is 21.9 Å². The highest BCUT2D eigenvalue weighted by molar-refractivity contribution is 5.82. The van der Waals surface area contributed by atoms with E-state index >= 15 is 0 Å². The number of hydrogen-bond acceptors (Lipinski definition) is 5. The highest BCUT2D eigenvalue weighted by Gasteiger charge is 2.09. The van der Waals surface area contributed by atoms with Gasteiger partial charge in [0.15, 0.2) is 0 Å². The fraction of sp³-hybridized carbons (Fsp3) is 0.312. The summed E-state index contributed by atoms with van der Waals surface area (Å²) in [7, 11) is 0. The Labute approximate surface area is 129 Å². The minimum Gasteiger partial charge on any atom is -0.424 e. The number of aromatic nitrogens is 2. The lowest BCUT2D eigenvalue weighted by Gasteiger charge is -2.11. The molecule has 3 N–H and O–H groups in total. The third kappa shape index (κ3) is 4.18. The number of nitrogens with one attached hydrogen (secondary N) is 1. The first-order chi connectivity index (χ1) is 10.5. The number of primary amides is 1. The highest BCUT2D eigenvalue weighted by atomic mass is 16.5. The Kier molecular flexibility index (Phi) is 4.93. The zero-order chi connectivity index (χ0) is 16.1. The Bertz CT molecular complexity index is 641. The van der Waals surface area contributed by atoms with Crippen LogP contribution in [0.15, 0.2) is 36.7 Å².